The Hall–Kier alpha value is -2.42. The zero-order valence-electron chi connectivity index (χ0n) is 16.7. The molecule has 1 atom stereocenters. The van der Waals surface area contributed by atoms with Crippen molar-refractivity contribution in [1.29, 1.82) is 0 Å². The van der Waals surface area contributed by atoms with Crippen LogP contribution in [0.5, 0.6) is 11.5 Å². The van der Waals surface area contributed by atoms with Crippen LogP contribution in [-0.4, -0.2) is 44.0 Å². The standard InChI is InChI=1S/C22H26ClN3O4/c1-2-21-24-12-19(25-21)15-3-7-17(8-4-15)30-18-9-5-16(6-10-18)20(29)11-22(13-27,14-28)26-23/h3-10,12,20,26-29H,2,11,13-14H2,1H3,(H,24,25). The van der Waals surface area contributed by atoms with Gasteiger partial charge in [-0.3, -0.25) is 0 Å². The SMILES string of the molecule is CCc1ncc(-c2ccc(Oc3ccc(C(O)CC(CO)(CO)NCl)cc3)cc2)[nH]1. The van der Waals surface area contributed by atoms with Gasteiger partial charge in [0.15, 0.2) is 0 Å². The van der Waals surface area contributed by atoms with Crippen molar-refractivity contribution in [1.82, 2.24) is 14.8 Å². The number of aromatic amines is 1. The highest BCUT2D eigenvalue weighted by atomic mass is 35.5. The minimum absolute atomic E-state index is 0.0541. The molecule has 0 spiro atoms. The molecular formula is C22H26ClN3O4. The molecule has 0 radical (unpaired) electrons. The summed E-state index contributed by atoms with van der Waals surface area (Å²) in [6.45, 7) is 1.24. The van der Waals surface area contributed by atoms with Gasteiger partial charge < -0.3 is 25.0 Å². The second kappa shape index (κ2) is 10.1. The van der Waals surface area contributed by atoms with Gasteiger partial charge in [0, 0.05) is 12.8 Å². The molecule has 0 amide bonds. The number of hydrogen-bond acceptors (Lipinski definition) is 6. The molecule has 0 aliphatic rings. The van der Waals surface area contributed by atoms with E-state index < -0.39 is 24.9 Å². The van der Waals surface area contributed by atoms with E-state index in [9.17, 15) is 15.3 Å². The monoisotopic (exact) mass is 431 g/mol. The summed E-state index contributed by atoms with van der Waals surface area (Å²) in [6, 6.07) is 14.7. The lowest BCUT2D eigenvalue weighted by molar-refractivity contribution is 0.0526. The van der Waals surface area contributed by atoms with Gasteiger partial charge in [-0.25, -0.2) is 9.82 Å². The lowest BCUT2D eigenvalue weighted by atomic mass is 9.92. The molecule has 160 valence electrons. The Morgan fingerprint density at radius 3 is 2.17 bits per heavy atom. The molecule has 0 bridgehead atoms. The topological polar surface area (TPSA) is 111 Å². The number of H-pyrrole nitrogens is 1. The third kappa shape index (κ3) is 5.19. The maximum absolute atomic E-state index is 10.4. The number of aryl methyl sites for hydroxylation is 1. The zero-order valence-corrected chi connectivity index (χ0v) is 17.4. The maximum Gasteiger partial charge on any atom is 0.127 e. The van der Waals surface area contributed by atoms with Crippen LogP contribution in [0.4, 0.5) is 0 Å². The van der Waals surface area contributed by atoms with E-state index in [0.717, 1.165) is 23.5 Å². The third-order valence-corrected chi connectivity index (χ3v) is 5.42. The fourth-order valence-corrected chi connectivity index (χ4v) is 3.25. The van der Waals surface area contributed by atoms with Crippen LogP contribution in [0, 0.1) is 0 Å². The third-order valence-electron chi connectivity index (χ3n) is 5.02. The normalized spacial score (nSPS) is 12.7. The van der Waals surface area contributed by atoms with Gasteiger partial charge in [0.2, 0.25) is 0 Å². The fourth-order valence-electron chi connectivity index (χ4n) is 3.05. The molecule has 0 saturated carbocycles. The maximum atomic E-state index is 10.4. The molecule has 1 aromatic heterocycles. The van der Waals surface area contributed by atoms with E-state index in [1.807, 2.05) is 37.4 Å². The first-order valence-corrected chi connectivity index (χ1v) is 10.1. The summed E-state index contributed by atoms with van der Waals surface area (Å²) >= 11 is 5.62. The van der Waals surface area contributed by atoms with Crippen molar-refractivity contribution in [2.24, 2.45) is 0 Å². The van der Waals surface area contributed by atoms with Gasteiger partial charge in [-0.15, -0.1) is 0 Å². The second-order valence-corrected chi connectivity index (χ2v) is 7.39. The van der Waals surface area contributed by atoms with Gasteiger partial charge in [-0.1, -0.05) is 19.1 Å². The van der Waals surface area contributed by atoms with E-state index in [2.05, 4.69) is 14.8 Å². The van der Waals surface area contributed by atoms with E-state index in [1.54, 1.807) is 24.3 Å². The molecule has 1 heterocycles. The van der Waals surface area contributed by atoms with Crippen molar-refractivity contribution in [2.75, 3.05) is 13.2 Å². The van der Waals surface area contributed by atoms with Gasteiger partial charge >= 0.3 is 0 Å². The van der Waals surface area contributed by atoms with Gasteiger partial charge in [0.25, 0.3) is 0 Å². The molecule has 0 aliphatic heterocycles. The lowest BCUT2D eigenvalue weighted by Crippen LogP contribution is -2.48. The van der Waals surface area contributed by atoms with Gasteiger partial charge in [0.05, 0.1) is 36.7 Å². The van der Waals surface area contributed by atoms with Crippen LogP contribution in [0.2, 0.25) is 0 Å². The van der Waals surface area contributed by atoms with Crippen LogP contribution in [-0.2, 0) is 6.42 Å². The predicted octanol–water partition coefficient (Wildman–Crippen LogP) is 3.32. The largest absolute Gasteiger partial charge is 0.457 e. The van der Waals surface area contributed by atoms with Crippen molar-refractivity contribution < 1.29 is 20.1 Å². The second-order valence-electron chi connectivity index (χ2n) is 7.20. The van der Waals surface area contributed by atoms with Crippen LogP contribution >= 0.6 is 11.8 Å². The Bertz CT molecular complexity index is 916. The number of benzene rings is 2. The molecule has 5 N–H and O–H groups in total. The number of hydrogen-bond donors (Lipinski definition) is 5. The molecule has 3 rings (SSSR count). The van der Waals surface area contributed by atoms with Crippen LogP contribution in [0.1, 0.15) is 30.8 Å². The highest BCUT2D eigenvalue weighted by Crippen LogP contribution is 2.29. The average molecular weight is 432 g/mol. The molecule has 0 fully saturated rings. The number of nitrogens with zero attached hydrogens (tertiary/aromatic N) is 1. The Labute approximate surface area is 180 Å². The predicted molar refractivity (Wildman–Crippen MR) is 115 cm³/mol. The molecular weight excluding hydrogens is 406 g/mol. The zero-order chi connectivity index (χ0) is 21.6. The first-order valence-electron chi connectivity index (χ1n) is 9.72. The molecule has 2 aromatic carbocycles. The highest BCUT2D eigenvalue weighted by molar-refractivity contribution is 6.13. The number of nitrogens with one attached hydrogen (secondary N) is 2. The van der Waals surface area contributed by atoms with Crippen LogP contribution in [0.25, 0.3) is 11.3 Å². The summed E-state index contributed by atoms with van der Waals surface area (Å²) in [5.74, 6) is 2.26. The molecule has 0 saturated heterocycles. The van der Waals surface area contributed by atoms with Crippen molar-refractivity contribution >= 4 is 11.8 Å². The number of aliphatic hydroxyl groups excluding tert-OH is 3. The van der Waals surface area contributed by atoms with E-state index >= 15 is 0 Å². The van der Waals surface area contributed by atoms with E-state index in [1.165, 1.54) is 0 Å². The van der Waals surface area contributed by atoms with Gasteiger partial charge in [-0.2, -0.15) is 0 Å². The summed E-state index contributed by atoms with van der Waals surface area (Å²) < 4.78 is 5.87. The van der Waals surface area contributed by atoms with Crippen molar-refractivity contribution in [3.8, 4) is 22.8 Å². The molecule has 1 unspecified atom stereocenters. The number of aromatic nitrogens is 2. The summed E-state index contributed by atoms with van der Waals surface area (Å²) in [5, 5.41) is 29.3. The van der Waals surface area contributed by atoms with Gasteiger partial charge in [-0.05, 0) is 59.3 Å². The fraction of sp³-hybridized carbons (Fsp3) is 0.318. The van der Waals surface area contributed by atoms with Crippen molar-refractivity contribution in [3.63, 3.8) is 0 Å². The Morgan fingerprint density at radius 1 is 1.07 bits per heavy atom. The smallest absolute Gasteiger partial charge is 0.127 e. The summed E-state index contributed by atoms with van der Waals surface area (Å²) in [4.78, 5) is 9.95. The lowest BCUT2D eigenvalue weighted by Gasteiger charge is -2.30. The summed E-state index contributed by atoms with van der Waals surface area (Å²) in [7, 11) is 0. The minimum Gasteiger partial charge on any atom is -0.457 e. The highest BCUT2D eigenvalue weighted by Gasteiger charge is 2.31. The Balaban J connectivity index is 1.64. The Kier molecular flexibility index (Phi) is 7.47. The number of imidazole rings is 1. The van der Waals surface area contributed by atoms with Crippen LogP contribution < -0.4 is 9.57 Å². The first-order chi connectivity index (χ1) is 14.5. The van der Waals surface area contributed by atoms with Crippen LogP contribution in [0.15, 0.2) is 54.7 Å². The number of ether oxygens (including phenoxy) is 1. The number of halogens is 1. The summed E-state index contributed by atoms with van der Waals surface area (Å²) in [6.07, 6.45) is 1.82. The number of aliphatic hydroxyl groups is 3. The van der Waals surface area contributed by atoms with E-state index in [0.29, 0.717) is 17.1 Å². The van der Waals surface area contributed by atoms with Crippen molar-refractivity contribution in [3.05, 3.63) is 66.1 Å². The molecule has 3 aromatic rings. The van der Waals surface area contributed by atoms with Crippen molar-refractivity contribution in [2.45, 2.75) is 31.4 Å². The van der Waals surface area contributed by atoms with E-state index in [4.69, 9.17) is 16.5 Å². The number of rotatable bonds is 10. The molecule has 7 nitrogen and oxygen atoms in total. The average Bonchev–Trinajstić information content (AvgIpc) is 3.28. The van der Waals surface area contributed by atoms with E-state index in [-0.39, 0.29) is 6.42 Å². The minimum atomic E-state index is -1.16. The molecule has 8 heteroatoms. The first kappa shape index (κ1) is 22.3. The molecule has 30 heavy (non-hydrogen) atoms. The Morgan fingerprint density at radius 2 is 1.67 bits per heavy atom. The molecule has 0 aliphatic carbocycles. The van der Waals surface area contributed by atoms with Crippen LogP contribution in [0.3, 0.4) is 0 Å². The quantitative estimate of drug-likeness (QED) is 0.315. The summed E-state index contributed by atoms with van der Waals surface area (Å²) in [5.41, 5.74) is 1.45. The van der Waals surface area contributed by atoms with Gasteiger partial charge in [0.1, 0.15) is 17.3 Å².